The number of aromatic hydroxyl groups is 1. The predicted octanol–water partition coefficient (Wildman–Crippen LogP) is 0.333. The fourth-order valence-electron chi connectivity index (χ4n) is 1.12. The number of carbonyl (C=O) groups is 1. The van der Waals surface area contributed by atoms with Gasteiger partial charge in [-0.2, -0.15) is 0 Å². The number of amides is 1. The Hall–Kier alpha value is -1.75. The third kappa shape index (κ3) is 3.13. The van der Waals surface area contributed by atoms with Gasteiger partial charge in [0.05, 0.1) is 5.69 Å². The molecule has 5 nitrogen and oxygen atoms in total. The summed E-state index contributed by atoms with van der Waals surface area (Å²) in [6, 6.07) is 4.32. The molecule has 0 aromatic heterocycles. The average molecular weight is 224 g/mol. The number of anilines is 1. The summed E-state index contributed by atoms with van der Waals surface area (Å²) >= 11 is 0. The van der Waals surface area contributed by atoms with Crippen LogP contribution in [0.4, 0.5) is 5.69 Å². The maximum Gasteiger partial charge on any atom is 0.251 e. The Labute approximate surface area is 93.9 Å². The molecular weight excluding hydrogens is 208 g/mol. The van der Waals surface area contributed by atoms with Gasteiger partial charge >= 0.3 is 0 Å². The fourth-order valence-corrected chi connectivity index (χ4v) is 1.12. The van der Waals surface area contributed by atoms with Crippen LogP contribution in [0.25, 0.3) is 0 Å². The monoisotopic (exact) mass is 224 g/mol. The largest absolute Gasteiger partial charge is 0.506 e. The number of benzene rings is 1. The lowest BCUT2D eigenvalue weighted by molar-refractivity contribution is 0.0942. The number of hydrogen-bond acceptors (Lipinski definition) is 4. The van der Waals surface area contributed by atoms with Gasteiger partial charge in [-0.15, -0.1) is 0 Å². The topological polar surface area (TPSA) is 95.6 Å². The number of nitrogens with two attached hydrogens (primary N) is 1. The number of rotatable bonds is 4. The van der Waals surface area contributed by atoms with Crippen LogP contribution < -0.4 is 11.1 Å². The molecule has 0 heterocycles. The van der Waals surface area contributed by atoms with E-state index in [1.807, 2.05) is 6.92 Å². The van der Waals surface area contributed by atoms with Gasteiger partial charge in [0, 0.05) is 18.7 Å². The van der Waals surface area contributed by atoms with Gasteiger partial charge in [0.15, 0.2) is 0 Å². The van der Waals surface area contributed by atoms with Crippen LogP contribution in [0.1, 0.15) is 17.3 Å². The van der Waals surface area contributed by atoms with Crippen LogP contribution in [0, 0.1) is 5.92 Å². The predicted molar refractivity (Wildman–Crippen MR) is 61.1 cm³/mol. The highest BCUT2D eigenvalue weighted by atomic mass is 16.3. The van der Waals surface area contributed by atoms with E-state index in [2.05, 4.69) is 5.32 Å². The second-order valence-corrected chi connectivity index (χ2v) is 3.77. The summed E-state index contributed by atoms with van der Waals surface area (Å²) in [5.74, 6) is -0.398. The van der Waals surface area contributed by atoms with Gasteiger partial charge in [0.2, 0.25) is 0 Å². The Bertz CT molecular complexity index is 379. The van der Waals surface area contributed by atoms with Crippen LogP contribution >= 0.6 is 0 Å². The smallest absolute Gasteiger partial charge is 0.251 e. The first-order valence-electron chi connectivity index (χ1n) is 5.02. The quantitative estimate of drug-likeness (QED) is 0.438. The molecule has 1 unspecified atom stereocenters. The van der Waals surface area contributed by atoms with Crippen molar-refractivity contribution in [3.05, 3.63) is 23.8 Å². The molecule has 0 bridgehead atoms. The number of phenols is 1. The molecule has 1 rings (SSSR count). The number of nitrogen functional groups attached to an aromatic ring is 1. The van der Waals surface area contributed by atoms with Gasteiger partial charge < -0.3 is 21.3 Å². The van der Waals surface area contributed by atoms with Gasteiger partial charge in [0.1, 0.15) is 5.75 Å². The Balaban J connectivity index is 2.63. The van der Waals surface area contributed by atoms with Crippen LogP contribution in [-0.2, 0) is 0 Å². The second-order valence-electron chi connectivity index (χ2n) is 3.77. The number of aliphatic hydroxyl groups is 1. The molecule has 1 amide bonds. The van der Waals surface area contributed by atoms with Crippen molar-refractivity contribution in [3.8, 4) is 5.75 Å². The van der Waals surface area contributed by atoms with Crippen molar-refractivity contribution >= 4 is 11.6 Å². The van der Waals surface area contributed by atoms with Crippen molar-refractivity contribution < 1.29 is 15.0 Å². The standard InChI is InChI=1S/C11H16N2O3/c1-7(6-14)5-13-11(16)8-2-3-9(12)10(15)4-8/h2-4,7,14-15H,5-6,12H2,1H3,(H,13,16). The lowest BCUT2D eigenvalue weighted by Crippen LogP contribution is -2.29. The van der Waals surface area contributed by atoms with E-state index < -0.39 is 0 Å². The Morgan fingerprint density at radius 1 is 1.56 bits per heavy atom. The summed E-state index contributed by atoms with van der Waals surface area (Å²) in [4.78, 5) is 11.6. The maximum absolute atomic E-state index is 11.6. The molecule has 5 N–H and O–H groups in total. The maximum atomic E-state index is 11.6. The number of hydrogen-bond donors (Lipinski definition) is 4. The van der Waals surface area contributed by atoms with Crippen LogP contribution in [-0.4, -0.2) is 29.3 Å². The lowest BCUT2D eigenvalue weighted by atomic mass is 10.1. The molecule has 88 valence electrons. The Morgan fingerprint density at radius 2 is 2.25 bits per heavy atom. The molecule has 1 atom stereocenters. The van der Waals surface area contributed by atoms with Crippen LogP contribution in [0.15, 0.2) is 18.2 Å². The SMILES string of the molecule is CC(CO)CNC(=O)c1ccc(N)c(O)c1. The molecule has 0 aliphatic heterocycles. The minimum absolute atomic E-state index is 0.00586. The summed E-state index contributed by atoms with van der Waals surface area (Å²) in [5, 5.41) is 20.8. The molecule has 0 radical (unpaired) electrons. The molecular formula is C11H16N2O3. The van der Waals surface area contributed by atoms with Gasteiger partial charge in [-0.25, -0.2) is 0 Å². The molecule has 16 heavy (non-hydrogen) atoms. The Morgan fingerprint density at radius 3 is 2.81 bits per heavy atom. The molecule has 0 spiro atoms. The third-order valence-electron chi connectivity index (χ3n) is 2.22. The molecule has 0 aliphatic carbocycles. The molecule has 0 saturated carbocycles. The number of aliphatic hydroxyl groups excluding tert-OH is 1. The molecule has 5 heteroatoms. The van der Waals surface area contributed by atoms with Crippen LogP contribution in [0.2, 0.25) is 0 Å². The minimum atomic E-state index is -0.296. The minimum Gasteiger partial charge on any atom is -0.506 e. The van der Waals surface area contributed by atoms with Crippen molar-refractivity contribution in [1.29, 1.82) is 0 Å². The van der Waals surface area contributed by atoms with E-state index >= 15 is 0 Å². The summed E-state index contributed by atoms with van der Waals surface area (Å²) in [6.45, 7) is 2.23. The second kappa shape index (κ2) is 5.37. The number of nitrogens with one attached hydrogen (secondary N) is 1. The van der Waals surface area contributed by atoms with Crippen LogP contribution in [0.5, 0.6) is 5.75 Å². The zero-order valence-electron chi connectivity index (χ0n) is 9.10. The van der Waals surface area contributed by atoms with E-state index in [-0.39, 0.29) is 29.9 Å². The fraction of sp³-hybridized carbons (Fsp3) is 0.364. The Kier molecular flexibility index (Phi) is 4.13. The van der Waals surface area contributed by atoms with Gasteiger partial charge in [-0.1, -0.05) is 6.92 Å². The zero-order chi connectivity index (χ0) is 12.1. The van der Waals surface area contributed by atoms with Crippen LogP contribution in [0.3, 0.4) is 0 Å². The van der Waals surface area contributed by atoms with E-state index in [4.69, 9.17) is 10.8 Å². The van der Waals surface area contributed by atoms with E-state index in [9.17, 15) is 9.90 Å². The van der Waals surface area contributed by atoms with E-state index in [0.29, 0.717) is 12.1 Å². The van der Waals surface area contributed by atoms with Crippen molar-refractivity contribution in [2.45, 2.75) is 6.92 Å². The average Bonchev–Trinajstić information content (AvgIpc) is 2.29. The summed E-state index contributed by atoms with van der Waals surface area (Å²) in [6.07, 6.45) is 0. The molecule has 0 aliphatic rings. The number of carbonyl (C=O) groups excluding carboxylic acids is 1. The van der Waals surface area contributed by atoms with E-state index in [0.717, 1.165) is 0 Å². The highest BCUT2D eigenvalue weighted by molar-refractivity contribution is 5.95. The van der Waals surface area contributed by atoms with Crippen molar-refractivity contribution in [3.63, 3.8) is 0 Å². The highest BCUT2D eigenvalue weighted by Gasteiger charge is 2.09. The lowest BCUT2D eigenvalue weighted by Gasteiger charge is -2.10. The van der Waals surface area contributed by atoms with E-state index in [1.165, 1.54) is 18.2 Å². The van der Waals surface area contributed by atoms with Crippen molar-refractivity contribution in [2.75, 3.05) is 18.9 Å². The summed E-state index contributed by atoms with van der Waals surface area (Å²) in [5.41, 5.74) is 6.00. The first kappa shape index (κ1) is 12.3. The van der Waals surface area contributed by atoms with E-state index in [1.54, 1.807) is 0 Å². The van der Waals surface area contributed by atoms with Gasteiger partial charge in [-0.05, 0) is 24.1 Å². The molecule has 0 saturated heterocycles. The summed E-state index contributed by atoms with van der Waals surface area (Å²) in [7, 11) is 0. The molecule has 1 aromatic rings. The first-order chi connectivity index (χ1) is 7.54. The zero-order valence-corrected chi connectivity index (χ0v) is 9.10. The number of phenolic OH excluding ortho intramolecular Hbond substituents is 1. The van der Waals surface area contributed by atoms with Gasteiger partial charge in [0.25, 0.3) is 5.91 Å². The van der Waals surface area contributed by atoms with Gasteiger partial charge in [-0.3, -0.25) is 4.79 Å². The summed E-state index contributed by atoms with van der Waals surface area (Å²) < 4.78 is 0. The van der Waals surface area contributed by atoms with Crippen molar-refractivity contribution in [1.82, 2.24) is 5.32 Å². The third-order valence-corrected chi connectivity index (χ3v) is 2.22. The molecule has 0 fully saturated rings. The van der Waals surface area contributed by atoms with Crippen molar-refractivity contribution in [2.24, 2.45) is 5.92 Å². The highest BCUT2D eigenvalue weighted by Crippen LogP contribution is 2.20. The molecule has 1 aromatic carbocycles. The first-order valence-corrected chi connectivity index (χ1v) is 5.02. The normalized spacial score (nSPS) is 12.1.